The standard InChI is InChI=1S/C21H25Cl2NO2/c22-18-8-4-16(5-9-18)21(17-6-10-19(23)11-7-17)26-15-20(25)14-24-12-2-1-3-13-24/h4-11,20-21,25H,1-3,12-15H2/t20-/m0/s1. The van der Waals surface area contributed by atoms with Gasteiger partial charge in [0, 0.05) is 16.6 Å². The molecule has 1 aliphatic heterocycles. The van der Waals surface area contributed by atoms with Gasteiger partial charge in [0.05, 0.1) is 12.7 Å². The van der Waals surface area contributed by atoms with E-state index in [2.05, 4.69) is 4.90 Å². The maximum atomic E-state index is 10.4. The molecule has 1 aliphatic rings. The summed E-state index contributed by atoms with van der Waals surface area (Å²) in [5.74, 6) is 0. The summed E-state index contributed by atoms with van der Waals surface area (Å²) in [4.78, 5) is 2.32. The van der Waals surface area contributed by atoms with Gasteiger partial charge in [-0.05, 0) is 61.3 Å². The van der Waals surface area contributed by atoms with E-state index in [1.807, 2.05) is 48.5 Å². The summed E-state index contributed by atoms with van der Waals surface area (Å²) in [6.45, 7) is 3.07. The van der Waals surface area contributed by atoms with Crippen molar-refractivity contribution in [2.75, 3.05) is 26.2 Å². The molecule has 0 unspecified atom stereocenters. The molecule has 0 spiro atoms. The van der Waals surface area contributed by atoms with Gasteiger partial charge in [-0.1, -0.05) is 53.9 Å². The minimum atomic E-state index is -0.504. The van der Waals surface area contributed by atoms with E-state index in [9.17, 15) is 5.11 Å². The van der Waals surface area contributed by atoms with E-state index in [4.69, 9.17) is 27.9 Å². The molecule has 0 aliphatic carbocycles. The predicted molar refractivity (Wildman–Crippen MR) is 107 cm³/mol. The summed E-state index contributed by atoms with van der Waals surface area (Å²) < 4.78 is 6.13. The van der Waals surface area contributed by atoms with Crippen LogP contribution in [0, 0.1) is 0 Å². The number of benzene rings is 2. The van der Waals surface area contributed by atoms with Gasteiger partial charge in [-0.2, -0.15) is 0 Å². The molecule has 1 saturated heterocycles. The van der Waals surface area contributed by atoms with Crippen LogP contribution in [0.3, 0.4) is 0 Å². The number of rotatable bonds is 7. The lowest BCUT2D eigenvalue weighted by molar-refractivity contribution is -0.0104. The van der Waals surface area contributed by atoms with Crippen LogP contribution < -0.4 is 0 Å². The van der Waals surface area contributed by atoms with Crippen molar-refractivity contribution in [2.45, 2.75) is 31.5 Å². The molecule has 1 fully saturated rings. The first-order valence-corrected chi connectivity index (χ1v) is 9.90. The van der Waals surface area contributed by atoms with Crippen LogP contribution in [0.4, 0.5) is 0 Å². The highest BCUT2D eigenvalue weighted by Gasteiger charge is 2.19. The first-order valence-electron chi connectivity index (χ1n) is 9.15. The minimum absolute atomic E-state index is 0.263. The van der Waals surface area contributed by atoms with Gasteiger partial charge in [0.15, 0.2) is 0 Å². The van der Waals surface area contributed by atoms with Crippen molar-refractivity contribution in [3.63, 3.8) is 0 Å². The summed E-state index contributed by atoms with van der Waals surface area (Å²) in [5, 5.41) is 11.8. The number of β-amino-alcohol motifs (C(OH)–C–C–N with tert-alkyl or cyclic N) is 1. The zero-order valence-electron chi connectivity index (χ0n) is 14.8. The van der Waals surface area contributed by atoms with Gasteiger partial charge in [-0.25, -0.2) is 0 Å². The number of aliphatic hydroxyl groups is 1. The molecule has 140 valence electrons. The number of halogens is 2. The van der Waals surface area contributed by atoms with Crippen molar-refractivity contribution in [1.29, 1.82) is 0 Å². The van der Waals surface area contributed by atoms with E-state index >= 15 is 0 Å². The fourth-order valence-corrected chi connectivity index (χ4v) is 3.61. The van der Waals surface area contributed by atoms with Crippen LogP contribution in [0.25, 0.3) is 0 Å². The third-order valence-electron chi connectivity index (χ3n) is 4.72. The van der Waals surface area contributed by atoms with E-state index in [0.29, 0.717) is 16.6 Å². The van der Waals surface area contributed by atoms with Crippen LogP contribution >= 0.6 is 23.2 Å². The molecule has 1 atom stereocenters. The Labute approximate surface area is 165 Å². The first-order chi connectivity index (χ1) is 12.6. The Morgan fingerprint density at radius 1 is 0.846 bits per heavy atom. The lowest BCUT2D eigenvalue weighted by Crippen LogP contribution is -2.38. The van der Waals surface area contributed by atoms with E-state index < -0.39 is 6.10 Å². The summed E-state index contributed by atoms with van der Waals surface area (Å²) >= 11 is 12.0. The molecule has 3 rings (SSSR count). The predicted octanol–water partition coefficient (Wildman–Crippen LogP) is 4.95. The highest BCUT2D eigenvalue weighted by atomic mass is 35.5. The zero-order chi connectivity index (χ0) is 18.4. The summed E-state index contributed by atoms with van der Waals surface area (Å²) in [6.07, 6.45) is 2.95. The number of hydrogen-bond acceptors (Lipinski definition) is 3. The van der Waals surface area contributed by atoms with Crippen molar-refractivity contribution >= 4 is 23.2 Å². The molecule has 0 saturated carbocycles. The maximum absolute atomic E-state index is 10.4. The maximum Gasteiger partial charge on any atom is 0.108 e. The lowest BCUT2D eigenvalue weighted by atomic mass is 10.0. The number of piperidine rings is 1. The Bertz CT molecular complexity index is 624. The van der Waals surface area contributed by atoms with E-state index in [1.165, 1.54) is 19.3 Å². The number of nitrogens with zero attached hydrogens (tertiary/aromatic N) is 1. The molecule has 1 N–H and O–H groups in total. The van der Waals surface area contributed by atoms with Gasteiger partial charge in [-0.15, -0.1) is 0 Å². The molecule has 3 nitrogen and oxygen atoms in total. The Hall–Kier alpha value is -1.10. The fourth-order valence-electron chi connectivity index (χ4n) is 3.36. The van der Waals surface area contributed by atoms with Crippen molar-refractivity contribution in [2.24, 2.45) is 0 Å². The Kier molecular flexibility index (Phi) is 7.35. The van der Waals surface area contributed by atoms with Crippen LogP contribution in [-0.2, 0) is 4.74 Å². The van der Waals surface area contributed by atoms with Crippen molar-refractivity contribution in [3.05, 3.63) is 69.7 Å². The number of aliphatic hydroxyl groups excluding tert-OH is 1. The number of hydrogen-bond donors (Lipinski definition) is 1. The van der Waals surface area contributed by atoms with Crippen LogP contribution in [0.15, 0.2) is 48.5 Å². The molecular weight excluding hydrogens is 369 g/mol. The second-order valence-electron chi connectivity index (χ2n) is 6.83. The van der Waals surface area contributed by atoms with E-state index in [1.54, 1.807) is 0 Å². The van der Waals surface area contributed by atoms with Gasteiger partial charge in [0.25, 0.3) is 0 Å². The first kappa shape index (κ1) is 19.7. The Morgan fingerprint density at radius 3 is 1.85 bits per heavy atom. The van der Waals surface area contributed by atoms with E-state index in [0.717, 1.165) is 24.2 Å². The normalized spacial score (nSPS) is 16.8. The van der Waals surface area contributed by atoms with Crippen molar-refractivity contribution in [1.82, 2.24) is 4.90 Å². The second kappa shape index (κ2) is 9.72. The smallest absolute Gasteiger partial charge is 0.108 e. The van der Waals surface area contributed by atoms with Gasteiger partial charge in [0.1, 0.15) is 6.10 Å². The van der Waals surface area contributed by atoms with Crippen molar-refractivity contribution in [3.8, 4) is 0 Å². The largest absolute Gasteiger partial charge is 0.389 e. The molecule has 0 bridgehead atoms. The quantitative estimate of drug-likeness (QED) is 0.722. The fraction of sp³-hybridized carbons (Fsp3) is 0.429. The van der Waals surface area contributed by atoms with Crippen LogP contribution in [0.1, 0.15) is 36.5 Å². The second-order valence-corrected chi connectivity index (χ2v) is 7.70. The van der Waals surface area contributed by atoms with E-state index in [-0.39, 0.29) is 12.7 Å². The minimum Gasteiger partial charge on any atom is -0.389 e. The third kappa shape index (κ3) is 5.70. The van der Waals surface area contributed by atoms with Crippen LogP contribution in [-0.4, -0.2) is 42.4 Å². The lowest BCUT2D eigenvalue weighted by Gasteiger charge is -2.29. The SMILES string of the molecule is O[C@H](COC(c1ccc(Cl)cc1)c1ccc(Cl)cc1)CN1CCCCC1. The van der Waals surface area contributed by atoms with Gasteiger partial charge < -0.3 is 14.7 Å². The molecule has 0 amide bonds. The topological polar surface area (TPSA) is 32.7 Å². The molecule has 26 heavy (non-hydrogen) atoms. The molecule has 1 heterocycles. The molecule has 2 aromatic rings. The molecule has 2 aromatic carbocycles. The average molecular weight is 394 g/mol. The highest BCUT2D eigenvalue weighted by Crippen LogP contribution is 2.28. The van der Waals surface area contributed by atoms with Gasteiger partial charge in [0.2, 0.25) is 0 Å². The molecule has 0 radical (unpaired) electrons. The monoisotopic (exact) mass is 393 g/mol. The summed E-state index contributed by atoms with van der Waals surface area (Å²) in [7, 11) is 0. The Morgan fingerprint density at radius 2 is 1.35 bits per heavy atom. The van der Waals surface area contributed by atoms with Gasteiger partial charge in [-0.3, -0.25) is 0 Å². The van der Waals surface area contributed by atoms with Crippen LogP contribution in [0.2, 0.25) is 10.0 Å². The zero-order valence-corrected chi connectivity index (χ0v) is 16.3. The van der Waals surface area contributed by atoms with Gasteiger partial charge >= 0.3 is 0 Å². The molecule has 5 heteroatoms. The molecular formula is C21H25Cl2NO2. The third-order valence-corrected chi connectivity index (χ3v) is 5.22. The average Bonchev–Trinajstić information content (AvgIpc) is 2.65. The summed E-state index contributed by atoms with van der Waals surface area (Å²) in [6, 6.07) is 15.2. The number of ether oxygens (including phenoxy) is 1. The highest BCUT2D eigenvalue weighted by molar-refractivity contribution is 6.30. The molecule has 0 aromatic heterocycles. The number of likely N-dealkylation sites (tertiary alicyclic amines) is 1. The van der Waals surface area contributed by atoms with Crippen molar-refractivity contribution < 1.29 is 9.84 Å². The summed E-state index contributed by atoms with van der Waals surface area (Å²) in [5.41, 5.74) is 2.00. The van der Waals surface area contributed by atoms with Crippen LogP contribution in [0.5, 0.6) is 0 Å². The Balaban J connectivity index is 1.67.